The summed E-state index contributed by atoms with van der Waals surface area (Å²) in [4.78, 5) is 37.0. The summed E-state index contributed by atoms with van der Waals surface area (Å²) in [5, 5.41) is 0. The van der Waals surface area contributed by atoms with Gasteiger partial charge in [-0.05, 0) is 24.6 Å². The highest BCUT2D eigenvalue weighted by Crippen LogP contribution is 2.37. The van der Waals surface area contributed by atoms with E-state index in [1.807, 2.05) is 0 Å². The molecule has 0 N–H and O–H groups in total. The summed E-state index contributed by atoms with van der Waals surface area (Å²) >= 11 is 0. The minimum atomic E-state index is -4.66. The van der Waals surface area contributed by atoms with Gasteiger partial charge in [0.05, 0.1) is 16.4 Å². The maximum Gasteiger partial charge on any atom is 0.416 e. The molecule has 25 heavy (non-hydrogen) atoms. The van der Waals surface area contributed by atoms with Crippen molar-refractivity contribution < 1.29 is 31.8 Å². The molecule has 1 fully saturated rings. The SMILES string of the molecule is CS(=O)c1cc(C(F)(F)F)ccc1C(=O)C1C(=O)CCC(C)(C)C1=O. The number of halogens is 3. The maximum atomic E-state index is 12.9. The number of hydrogen-bond donors (Lipinski definition) is 0. The van der Waals surface area contributed by atoms with Crippen molar-refractivity contribution in [2.24, 2.45) is 11.3 Å². The van der Waals surface area contributed by atoms with Crippen LogP contribution in [-0.4, -0.2) is 27.8 Å². The minimum Gasteiger partial charge on any atom is -0.298 e. The summed E-state index contributed by atoms with van der Waals surface area (Å²) in [6.07, 6.45) is -3.16. The number of rotatable bonds is 3. The highest BCUT2D eigenvalue weighted by Gasteiger charge is 2.46. The summed E-state index contributed by atoms with van der Waals surface area (Å²) in [5.74, 6) is -3.55. The molecule has 4 nitrogen and oxygen atoms in total. The van der Waals surface area contributed by atoms with E-state index in [1.165, 1.54) is 0 Å². The van der Waals surface area contributed by atoms with Crippen LogP contribution in [0.3, 0.4) is 0 Å². The lowest BCUT2D eigenvalue weighted by Gasteiger charge is -2.32. The molecule has 0 aromatic heterocycles. The van der Waals surface area contributed by atoms with Gasteiger partial charge in [0, 0.05) is 28.6 Å². The topological polar surface area (TPSA) is 68.3 Å². The third-order valence-electron chi connectivity index (χ3n) is 4.39. The van der Waals surface area contributed by atoms with E-state index in [4.69, 9.17) is 0 Å². The normalized spacial score (nSPS) is 21.9. The summed E-state index contributed by atoms with van der Waals surface area (Å²) in [6, 6.07) is 2.21. The van der Waals surface area contributed by atoms with Crippen LogP contribution in [0.5, 0.6) is 0 Å². The molecule has 2 unspecified atom stereocenters. The predicted octanol–water partition coefficient (Wildman–Crippen LogP) is 3.20. The first-order valence-electron chi connectivity index (χ1n) is 7.52. The molecule has 2 atom stereocenters. The zero-order valence-electron chi connectivity index (χ0n) is 13.9. The fourth-order valence-electron chi connectivity index (χ4n) is 2.80. The van der Waals surface area contributed by atoms with Gasteiger partial charge < -0.3 is 0 Å². The Morgan fingerprint density at radius 2 is 1.84 bits per heavy atom. The average Bonchev–Trinajstić information content (AvgIpc) is 2.50. The first kappa shape index (κ1) is 19.5. The van der Waals surface area contributed by atoms with Gasteiger partial charge in [0.25, 0.3) is 0 Å². The molecule has 2 rings (SSSR count). The second kappa shape index (κ2) is 6.48. The number of alkyl halides is 3. The Balaban J connectivity index is 2.53. The summed E-state index contributed by atoms with van der Waals surface area (Å²) in [5.41, 5.74) is -2.19. The van der Waals surface area contributed by atoms with Crippen molar-refractivity contribution >= 4 is 28.1 Å². The molecule has 1 aliphatic carbocycles. The Kier molecular flexibility index (Phi) is 5.05. The van der Waals surface area contributed by atoms with E-state index >= 15 is 0 Å². The molecule has 0 amide bonds. The van der Waals surface area contributed by atoms with Crippen molar-refractivity contribution in [2.75, 3.05) is 6.26 Å². The summed E-state index contributed by atoms with van der Waals surface area (Å²) in [6.45, 7) is 3.24. The Morgan fingerprint density at radius 3 is 2.36 bits per heavy atom. The van der Waals surface area contributed by atoms with Gasteiger partial charge >= 0.3 is 6.18 Å². The van der Waals surface area contributed by atoms with Gasteiger partial charge in [-0.1, -0.05) is 13.8 Å². The Morgan fingerprint density at radius 1 is 1.24 bits per heavy atom. The van der Waals surface area contributed by atoms with Crippen molar-refractivity contribution in [1.82, 2.24) is 0 Å². The molecule has 136 valence electrons. The van der Waals surface area contributed by atoms with Crippen molar-refractivity contribution in [2.45, 2.75) is 37.8 Å². The van der Waals surface area contributed by atoms with E-state index < -0.39 is 51.2 Å². The molecule has 1 aromatic rings. The van der Waals surface area contributed by atoms with Crippen LogP contribution in [-0.2, 0) is 26.6 Å². The standard InChI is InChI=1S/C17H17F3O4S/c1-16(2)7-6-11(21)13(15(16)23)14(22)10-5-4-9(17(18,19)20)8-12(10)25(3)24/h4-5,8,13H,6-7H2,1-3H3. The first-order chi connectivity index (χ1) is 11.4. The zero-order valence-corrected chi connectivity index (χ0v) is 14.7. The number of ketones is 3. The molecule has 0 spiro atoms. The van der Waals surface area contributed by atoms with Gasteiger partial charge in [0.1, 0.15) is 5.92 Å². The lowest BCUT2D eigenvalue weighted by molar-refractivity contribution is -0.141. The second-order valence-electron chi connectivity index (χ2n) is 6.67. The molecule has 0 bridgehead atoms. The van der Waals surface area contributed by atoms with Crippen LogP contribution in [0.1, 0.15) is 42.6 Å². The van der Waals surface area contributed by atoms with Crippen LogP contribution in [0.15, 0.2) is 23.1 Å². The first-order valence-corrected chi connectivity index (χ1v) is 9.08. The Labute approximate surface area is 145 Å². The van der Waals surface area contributed by atoms with E-state index in [0.29, 0.717) is 18.6 Å². The average molecular weight is 374 g/mol. The molecule has 0 heterocycles. The van der Waals surface area contributed by atoms with Crippen LogP contribution in [0.4, 0.5) is 13.2 Å². The van der Waals surface area contributed by atoms with Crippen LogP contribution in [0.2, 0.25) is 0 Å². The van der Waals surface area contributed by atoms with Gasteiger partial charge in [0.15, 0.2) is 17.3 Å². The van der Waals surface area contributed by atoms with Crippen molar-refractivity contribution in [3.05, 3.63) is 29.3 Å². The minimum absolute atomic E-state index is 0.0420. The molecular weight excluding hydrogens is 357 g/mol. The second-order valence-corrected chi connectivity index (χ2v) is 8.02. The summed E-state index contributed by atoms with van der Waals surface area (Å²) < 4.78 is 50.4. The largest absolute Gasteiger partial charge is 0.416 e. The van der Waals surface area contributed by atoms with Gasteiger partial charge in [-0.25, -0.2) is 0 Å². The van der Waals surface area contributed by atoms with Gasteiger partial charge in [-0.3, -0.25) is 18.6 Å². The van der Waals surface area contributed by atoms with E-state index in [-0.39, 0.29) is 16.9 Å². The number of carbonyl (C=O) groups excluding carboxylic acids is 3. The highest BCUT2D eigenvalue weighted by molar-refractivity contribution is 7.84. The lowest BCUT2D eigenvalue weighted by atomic mass is 9.68. The zero-order chi connectivity index (χ0) is 19.2. The molecule has 0 radical (unpaired) electrons. The quantitative estimate of drug-likeness (QED) is 0.602. The molecule has 8 heteroatoms. The third-order valence-corrected chi connectivity index (χ3v) is 5.35. The van der Waals surface area contributed by atoms with Crippen LogP contribution in [0.25, 0.3) is 0 Å². The van der Waals surface area contributed by atoms with Gasteiger partial charge in [-0.15, -0.1) is 0 Å². The van der Waals surface area contributed by atoms with Gasteiger partial charge in [0.2, 0.25) is 0 Å². The predicted molar refractivity (Wildman–Crippen MR) is 84.6 cm³/mol. The molecular formula is C17H17F3O4S. The van der Waals surface area contributed by atoms with E-state index in [0.717, 1.165) is 12.3 Å². The number of benzene rings is 1. The molecule has 0 saturated heterocycles. The van der Waals surface area contributed by atoms with E-state index in [2.05, 4.69) is 0 Å². The van der Waals surface area contributed by atoms with E-state index in [1.54, 1.807) is 13.8 Å². The van der Waals surface area contributed by atoms with E-state index in [9.17, 15) is 31.8 Å². The van der Waals surface area contributed by atoms with Crippen LogP contribution in [0, 0.1) is 11.3 Å². The number of hydrogen-bond acceptors (Lipinski definition) is 4. The maximum absolute atomic E-state index is 12.9. The fraction of sp³-hybridized carbons (Fsp3) is 0.471. The smallest absolute Gasteiger partial charge is 0.298 e. The Bertz CT molecular complexity index is 781. The number of carbonyl (C=O) groups is 3. The van der Waals surface area contributed by atoms with Crippen molar-refractivity contribution in [3.63, 3.8) is 0 Å². The van der Waals surface area contributed by atoms with Gasteiger partial charge in [-0.2, -0.15) is 13.2 Å². The number of Topliss-reactive ketones (excluding diaryl/α,β-unsaturated/α-hetero) is 3. The summed E-state index contributed by atoms with van der Waals surface area (Å²) in [7, 11) is -1.90. The van der Waals surface area contributed by atoms with Crippen LogP contribution < -0.4 is 0 Å². The Hall–Kier alpha value is -1.83. The van der Waals surface area contributed by atoms with Crippen LogP contribution >= 0.6 is 0 Å². The third kappa shape index (κ3) is 3.73. The fourth-order valence-corrected chi connectivity index (χ4v) is 3.57. The molecule has 1 saturated carbocycles. The molecule has 1 aromatic carbocycles. The monoisotopic (exact) mass is 374 g/mol. The molecule has 1 aliphatic rings. The van der Waals surface area contributed by atoms with Crippen molar-refractivity contribution in [3.8, 4) is 0 Å². The lowest BCUT2D eigenvalue weighted by Crippen LogP contribution is -2.45. The highest BCUT2D eigenvalue weighted by atomic mass is 32.2. The van der Waals surface area contributed by atoms with Crippen molar-refractivity contribution in [1.29, 1.82) is 0 Å². The molecule has 0 aliphatic heterocycles.